The van der Waals surface area contributed by atoms with Gasteiger partial charge in [-0.05, 0) is 48.2 Å². The van der Waals surface area contributed by atoms with Crippen molar-refractivity contribution in [3.63, 3.8) is 0 Å². The monoisotopic (exact) mass is 303 g/mol. The molecule has 0 bridgehead atoms. The van der Waals surface area contributed by atoms with Crippen LogP contribution in [0.4, 0.5) is 5.69 Å². The maximum Gasteiger partial charge on any atom is 0.259 e. The molecule has 0 aliphatic carbocycles. The van der Waals surface area contributed by atoms with E-state index in [2.05, 4.69) is 15.8 Å². The Morgan fingerprint density at radius 1 is 1.33 bits per heavy atom. The lowest BCUT2D eigenvalue weighted by Crippen LogP contribution is -2.25. The zero-order chi connectivity index (χ0) is 15.1. The average Bonchev–Trinajstić information content (AvgIpc) is 2.91. The number of ether oxygens (including phenoxy) is 1. The number of aryl methyl sites for hydroxylation is 1. The van der Waals surface area contributed by atoms with Crippen LogP contribution in [0.5, 0.6) is 5.75 Å². The van der Waals surface area contributed by atoms with Gasteiger partial charge in [-0.1, -0.05) is 0 Å². The van der Waals surface area contributed by atoms with Crippen molar-refractivity contribution >= 4 is 29.1 Å². The van der Waals surface area contributed by atoms with Crippen molar-refractivity contribution in [2.24, 2.45) is 5.10 Å². The number of nitrogens with zero attached hydrogens (tertiary/aromatic N) is 1. The Balaban J connectivity index is 1.76. The van der Waals surface area contributed by atoms with E-state index in [-0.39, 0.29) is 12.5 Å². The zero-order valence-electron chi connectivity index (χ0n) is 11.9. The summed E-state index contributed by atoms with van der Waals surface area (Å²) in [5, 5.41) is 8.94. The molecular formula is C15H17N3O2S. The van der Waals surface area contributed by atoms with Gasteiger partial charge in [0.05, 0.1) is 19.9 Å². The molecule has 6 heteroatoms. The van der Waals surface area contributed by atoms with Gasteiger partial charge in [-0.2, -0.15) is 5.10 Å². The van der Waals surface area contributed by atoms with Crippen LogP contribution in [0.2, 0.25) is 0 Å². The predicted molar refractivity (Wildman–Crippen MR) is 86.3 cm³/mol. The summed E-state index contributed by atoms with van der Waals surface area (Å²) in [7, 11) is 1.61. The quantitative estimate of drug-likeness (QED) is 0.637. The number of hydrogen-bond acceptors (Lipinski definition) is 5. The minimum atomic E-state index is -0.198. The van der Waals surface area contributed by atoms with Crippen molar-refractivity contribution < 1.29 is 9.53 Å². The first-order valence-electron chi connectivity index (χ1n) is 6.43. The number of rotatable bonds is 6. The first kappa shape index (κ1) is 15.1. The van der Waals surface area contributed by atoms with E-state index in [1.165, 1.54) is 0 Å². The minimum Gasteiger partial charge on any atom is -0.497 e. The smallest absolute Gasteiger partial charge is 0.259 e. The summed E-state index contributed by atoms with van der Waals surface area (Å²) in [6.07, 6.45) is 1.66. The van der Waals surface area contributed by atoms with Gasteiger partial charge in [0.2, 0.25) is 0 Å². The maximum absolute atomic E-state index is 11.6. The van der Waals surface area contributed by atoms with Crippen LogP contribution in [0.1, 0.15) is 10.4 Å². The van der Waals surface area contributed by atoms with Gasteiger partial charge in [-0.3, -0.25) is 4.79 Å². The van der Waals surface area contributed by atoms with Crippen LogP contribution in [-0.2, 0) is 4.79 Å². The van der Waals surface area contributed by atoms with E-state index >= 15 is 0 Å². The van der Waals surface area contributed by atoms with Crippen LogP contribution in [0, 0.1) is 6.92 Å². The van der Waals surface area contributed by atoms with Crippen molar-refractivity contribution in [3.05, 3.63) is 46.2 Å². The molecule has 5 nitrogen and oxygen atoms in total. The molecule has 0 aliphatic heterocycles. The van der Waals surface area contributed by atoms with Gasteiger partial charge in [-0.25, -0.2) is 5.43 Å². The van der Waals surface area contributed by atoms with Crippen LogP contribution in [0.25, 0.3) is 0 Å². The molecule has 0 fully saturated rings. The molecule has 0 radical (unpaired) electrons. The zero-order valence-corrected chi connectivity index (χ0v) is 12.7. The number of nitrogens with one attached hydrogen (secondary N) is 2. The van der Waals surface area contributed by atoms with E-state index < -0.39 is 0 Å². The van der Waals surface area contributed by atoms with Gasteiger partial charge in [0.25, 0.3) is 5.91 Å². The fourth-order valence-corrected chi connectivity index (χ4v) is 2.40. The number of hydrazone groups is 1. The van der Waals surface area contributed by atoms with Crippen LogP contribution in [-0.4, -0.2) is 25.8 Å². The second-order valence-electron chi connectivity index (χ2n) is 4.34. The number of amides is 1. The van der Waals surface area contributed by atoms with Crippen molar-refractivity contribution in [1.82, 2.24) is 5.43 Å². The summed E-state index contributed by atoms with van der Waals surface area (Å²) < 4.78 is 5.07. The summed E-state index contributed by atoms with van der Waals surface area (Å²) >= 11 is 1.59. The van der Waals surface area contributed by atoms with Gasteiger partial charge in [0.15, 0.2) is 0 Å². The van der Waals surface area contributed by atoms with Crippen molar-refractivity contribution in [2.75, 3.05) is 19.0 Å². The van der Waals surface area contributed by atoms with E-state index in [1.54, 1.807) is 24.7 Å². The third-order valence-corrected chi connectivity index (χ3v) is 3.77. The summed E-state index contributed by atoms with van der Waals surface area (Å²) in [6, 6.07) is 9.38. The van der Waals surface area contributed by atoms with Gasteiger partial charge < -0.3 is 10.1 Å². The van der Waals surface area contributed by atoms with Gasteiger partial charge in [-0.15, -0.1) is 11.3 Å². The third kappa shape index (κ3) is 4.61. The molecule has 0 atom stereocenters. The van der Waals surface area contributed by atoms with E-state index in [0.29, 0.717) is 0 Å². The highest BCUT2D eigenvalue weighted by molar-refractivity contribution is 7.11. The van der Waals surface area contributed by atoms with Crippen molar-refractivity contribution in [1.29, 1.82) is 0 Å². The number of carbonyl (C=O) groups excluding carboxylic acids is 1. The molecule has 0 unspecified atom stereocenters. The first-order chi connectivity index (χ1) is 10.2. The highest BCUT2D eigenvalue weighted by atomic mass is 32.1. The SMILES string of the molecule is COc1ccc(NCC(=O)N/N=C\c2sccc2C)cc1. The number of benzene rings is 1. The molecule has 110 valence electrons. The molecule has 1 aromatic heterocycles. The fourth-order valence-electron chi connectivity index (χ4n) is 1.61. The number of carbonyl (C=O) groups is 1. The average molecular weight is 303 g/mol. The molecule has 21 heavy (non-hydrogen) atoms. The third-order valence-electron chi connectivity index (χ3n) is 2.82. The normalized spacial score (nSPS) is 10.6. The van der Waals surface area contributed by atoms with E-state index in [0.717, 1.165) is 21.9 Å². The predicted octanol–water partition coefficient (Wildman–Crippen LogP) is 2.63. The number of thiophene rings is 1. The van der Waals surface area contributed by atoms with Crippen LogP contribution in [0.3, 0.4) is 0 Å². The highest BCUT2D eigenvalue weighted by Crippen LogP contribution is 2.14. The molecule has 2 N–H and O–H groups in total. The van der Waals surface area contributed by atoms with E-state index in [4.69, 9.17) is 4.74 Å². The largest absolute Gasteiger partial charge is 0.497 e. The first-order valence-corrected chi connectivity index (χ1v) is 7.31. The number of hydrogen-bond donors (Lipinski definition) is 2. The lowest BCUT2D eigenvalue weighted by molar-refractivity contribution is -0.119. The number of anilines is 1. The van der Waals surface area contributed by atoms with Gasteiger partial charge in [0.1, 0.15) is 5.75 Å². The maximum atomic E-state index is 11.6. The Morgan fingerprint density at radius 3 is 2.71 bits per heavy atom. The van der Waals surface area contributed by atoms with Gasteiger partial charge in [0, 0.05) is 10.6 Å². The molecule has 0 saturated heterocycles. The molecule has 2 aromatic rings. The van der Waals surface area contributed by atoms with Crippen LogP contribution < -0.4 is 15.5 Å². The molecule has 2 rings (SSSR count). The Labute approximate surface area is 127 Å². The van der Waals surface area contributed by atoms with Crippen LogP contribution in [0.15, 0.2) is 40.8 Å². The van der Waals surface area contributed by atoms with Gasteiger partial charge >= 0.3 is 0 Å². The standard InChI is InChI=1S/C15H17N3O2S/c1-11-7-8-21-14(11)9-17-18-15(19)10-16-12-3-5-13(20-2)6-4-12/h3-9,16H,10H2,1-2H3,(H,18,19)/b17-9-. The summed E-state index contributed by atoms with van der Waals surface area (Å²) in [5.41, 5.74) is 4.49. The second-order valence-corrected chi connectivity index (χ2v) is 5.29. The van der Waals surface area contributed by atoms with E-state index in [9.17, 15) is 4.79 Å². The molecule has 0 saturated carbocycles. The summed E-state index contributed by atoms with van der Waals surface area (Å²) in [6.45, 7) is 2.16. The molecule has 0 aliphatic rings. The topological polar surface area (TPSA) is 62.7 Å². The van der Waals surface area contributed by atoms with Crippen LogP contribution >= 0.6 is 11.3 Å². The Morgan fingerprint density at radius 2 is 2.10 bits per heavy atom. The second kappa shape index (κ2) is 7.44. The fraction of sp³-hybridized carbons (Fsp3) is 0.200. The molecule has 1 aromatic carbocycles. The minimum absolute atomic E-state index is 0.160. The summed E-state index contributed by atoms with van der Waals surface area (Å²) in [4.78, 5) is 12.7. The lowest BCUT2D eigenvalue weighted by Gasteiger charge is -2.06. The Hall–Kier alpha value is -2.34. The lowest BCUT2D eigenvalue weighted by atomic mass is 10.3. The molecule has 1 amide bonds. The van der Waals surface area contributed by atoms with E-state index in [1.807, 2.05) is 42.6 Å². The Kier molecular flexibility index (Phi) is 5.34. The molecule has 1 heterocycles. The Bertz CT molecular complexity index is 620. The van der Waals surface area contributed by atoms with Crippen molar-refractivity contribution in [3.8, 4) is 5.75 Å². The van der Waals surface area contributed by atoms with Crippen molar-refractivity contribution in [2.45, 2.75) is 6.92 Å². The molecular weight excluding hydrogens is 286 g/mol. The number of methoxy groups -OCH3 is 1. The molecule has 0 spiro atoms. The highest BCUT2D eigenvalue weighted by Gasteiger charge is 2.00. The summed E-state index contributed by atoms with van der Waals surface area (Å²) in [5.74, 6) is 0.581.